The van der Waals surface area contributed by atoms with E-state index >= 15 is 0 Å². The topological polar surface area (TPSA) is 21.3 Å². The standard InChI is InChI=1S/C15H22BrNO/c1-11(10-18-2)14-7-8-17-9-15(14)12-3-5-13(16)6-4-12/h3-6,11,14-15,17H,7-10H2,1-2H3. The molecule has 2 nitrogen and oxygen atoms in total. The molecular weight excluding hydrogens is 290 g/mol. The van der Waals surface area contributed by atoms with E-state index in [9.17, 15) is 0 Å². The fraction of sp³-hybridized carbons (Fsp3) is 0.600. The molecule has 1 aliphatic heterocycles. The van der Waals surface area contributed by atoms with E-state index in [2.05, 4.69) is 52.4 Å². The number of hydrogen-bond acceptors (Lipinski definition) is 2. The molecule has 100 valence electrons. The molecule has 3 heteroatoms. The maximum atomic E-state index is 5.33. The highest BCUT2D eigenvalue weighted by atomic mass is 79.9. The van der Waals surface area contributed by atoms with E-state index in [4.69, 9.17) is 4.74 Å². The van der Waals surface area contributed by atoms with Crippen LogP contribution in [0.25, 0.3) is 0 Å². The molecule has 1 aromatic rings. The summed E-state index contributed by atoms with van der Waals surface area (Å²) in [6.45, 7) is 5.38. The normalized spacial score (nSPS) is 25.9. The van der Waals surface area contributed by atoms with Crippen molar-refractivity contribution in [3.63, 3.8) is 0 Å². The van der Waals surface area contributed by atoms with Crippen molar-refractivity contribution in [2.75, 3.05) is 26.8 Å². The van der Waals surface area contributed by atoms with Crippen molar-refractivity contribution < 1.29 is 4.74 Å². The van der Waals surface area contributed by atoms with Gasteiger partial charge in [-0.25, -0.2) is 0 Å². The predicted octanol–water partition coefficient (Wildman–Crippen LogP) is 3.42. The molecule has 1 fully saturated rings. The van der Waals surface area contributed by atoms with Gasteiger partial charge in [-0.1, -0.05) is 35.0 Å². The van der Waals surface area contributed by atoms with Crippen LogP contribution >= 0.6 is 15.9 Å². The van der Waals surface area contributed by atoms with Gasteiger partial charge < -0.3 is 10.1 Å². The van der Waals surface area contributed by atoms with Crippen molar-refractivity contribution in [3.8, 4) is 0 Å². The fourth-order valence-corrected chi connectivity index (χ4v) is 3.29. The second kappa shape index (κ2) is 6.69. The third-order valence-corrected chi connectivity index (χ3v) is 4.52. The van der Waals surface area contributed by atoms with Crippen molar-refractivity contribution in [2.24, 2.45) is 11.8 Å². The number of ether oxygens (including phenoxy) is 1. The molecule has 0 amide bonds. The summed E-state index contributed by atoms with van der Waals surface area (Å²) < 4.78 is 6.48. The number of methoxy groups -OCH3 is 1. The molecule has 1 aromatic carbocycles. The van der Waals surface area contributed by atoms with E-state index in [1.807, 2.05) is 0 Å². The molecule has 1 aliphatic rings. The van der Waals surface area contributed by atoms with Gasteiger partial charge in [0, 0.05) is 24.7 Å². The molecule has 0 radical (unpaired) electrons. The van der Waals surface area contributed by atoms with Gasteiger partial charge in [0.15, 0.2) is 0 Å². The summed E-state index contributed by atoms with van der Waals surface area (Å²) in [7, 11) is 1.80. The zero-order chi connectivity index (χ0) is 13.0. The van der Waals surface area contributed by atoms with Crippen LogP contribution in [0.4, 0.5) is 0 Å². The number of rotatable bonds is 4. The average molecular weight is 312 g/mol. The average Bonchev–Trinajstić information content (AvgIpc) is 2.40. The van der Waals surface area contributed by atoms with E-state index in [0.717, 1.165) is 24.2 Å². The first-order valence-corrected chi connectivity index (χ1v) is 7.46. The van der Waals surface area contributed by atoms with Crippen LogP contribution in [0, 0.1) is 11.8 Å². The van der Waals surface area contributed by atoms with E-state index in [1.165, 1.54) is 12.0 Å². The first kappa shape index (κ1) is 14.0. The van der Waals surface area contributed by atoms with Crippen molar-refractivity contribution >= 4 is 15.9 Å². The molecular formula is C15H22BrNO. The number of piperidine rings is 1. The summed E-state index contributed by atoms with van der Waals surface area (Å²) in [6, 6.07) is 8.77. The largest absolute Gasteiger partial charge is 0.384 e. The van der Waals surface area contributed by atoms with Crippen LogP contribution in [0.1, 0.15) is 24.8 Å². The second-order valence-electron chi connectivity index (χ2n) is 5.25. The monoisotopic (exact) mass is 311 g/mol. The van der Waals surface area contributed by atoms with Crippen LogP contribution in [0.5, 0.6) is 0 Å². The molecule has 0 bridgehead atoms. The lowest BCUT2D eigenvalue weighted by Crippen LogP contribution is -2.38. The van der Waals surface area contributed by atoms with Crippen LogP contribution in [0.2, 0.25) is 0 Å². The highest BCUT2D eigenvalue weighted by Gasteiger charge is 2.30. The van der Waals surface area contributed by atoms with Gasteiger partial charge in [-0.3, -0.25) is 0 Å². The zero-order valence-electron chi connectivity index (χ0n) is 11.2. The summed E-state index contributed by atoms with van der Waals surface area (Å²) in [5.74, 6) is 1.94. The lowest BCUT2D eigenvalue weighted by Gasteiger charge is -2.36. The van der Waals surface area contributed by atoms with Crippen molar-refractivity contribution in [3.05, 3.63) is 34.3 Å². The summed E-state index contributed by atoms with van der Waals surface area (Å²) in [5.41, 5.74) is 1.44. The Morgan fingerprint density at radius 3 is 2.78 bits per heavy atom. The van der Waals surface area contributed by atoms with E-state index in [0.29, 0.717) is 17.8 Å². The van der Waals surface area contributed by atoms with Crippen molar-refractivity contribution in [1.82, 2.24) is 5.32 Å². The Morgan fingerprint density at radius 1 is 1.39 bits per heavy atom. The van der Waals surface area contributed by atoms with Gasteiger partial charge in [0.2, 0.25) is 0 Å². The van der Waals surface area contributed by atoms with Crippen LogP contribution in [0.3, 0.4) is 0 Å². The minimum Gasteiger partial charge on any atom is -0.384 e. The molecule has 1 N–H and O–H groups in total. The molecule has 1 saturated heterocycles. The van der Waals surface area contributed by atoms with Gasteiger partial charge in [0.1, 0.15) is 0 Å². The zero-order valence-corrected chi connectivity index (χ0v) is 12.7. The minimum atomic E-state index is 0.608. The Kier molecular flexibility index (Phi) is 5.22. The molecule has 1 heterocycles. The molecule has 3 atom stereocenters. The molecule has 0 spiro atoms. The Balaban J connectivity index is 2.14. The molecule has 18 heavy (non-hydrogen) atoms. The van der Waals surface area contributed by atoms with Crippen LogP contribution < -0.4 is 5.32 Å². The first-order valence-electron chi connectivity index (χ1n) is 6.67. The Labute approximate surface area is 118 Å². The number of nitrogens with one attached hydrogen (secondary N) is 1. The predicted molar refractivity (Wildman–Crippen MR) is 78.9 cm³/mol. The molecule has 0 aromatic heterocycles. The highest BCUT2D eigenvalue weighted by Crippen LogP contribution is 2.35. The molecule has 0 aliphatic carbocycles. The summed E-state index contributed by atoms with van der Waals surface area (Å²) in [6.07, 6.45) is 1.24. The number of hydrogen-bond donors (Lipinski definition) is 1. The molecule has 3 unspecified atom stereocenters. The smallest absolute Gasteiger partial charge is 0.0490 e. The van der Waals surface area contributed by atoms with Gasteiger partial charge in [-0.15, -0.1) is 0 Å². The molecule has 0 saturated carbocycles. The fourth-order valence-electron chi connectivity index (χ4n) is 3.02. The second-order valence-corrected chi connectivity index (χ2v) is 6.16. The minimum absolute atomic E-state index is 0.608. The quantitative estimate of drug-likeness (QED) is 0.920. The molecule has 2 rings (SSSR count). The van der Waals surface area contributed by atoms with Crippen LogP contribution in [-0.4, -0.2) is 26.8 Å². The summed E-state index contributed by atoms with van der Waals surface area (Å²) in [4.78, 5) is 0. The van der Waals surface area contributed by atoms with Gasteiger partial charge in [-0.2, -0.15) is 0 Å². The van der Waals surface area contributed by atoms with E-state index in [1.54, 1.807) is 7.11 Å². The summed E-state index contributed by atoms with van der Waals surface area (Å²) in [5, 5.41) is 3.52. The van der Waals surface area contributed by atoms with Gasteiger partial charge in [0.25, 0.3) is 0 Å². The number of benzene rings is 1. The van der Waals surface area contributed by atoms with Gasteiger partial charge >= 0.3 is 0 Å². The Bertz CT molecular complexity index is 365. The van der Waals surface area contributed by atoms with E-state index in [-0.39, 0.29) is 0 Å². The SMILES string of the molecule is COCC(C)C1CCNCC1c1ccc(Br)cc1. The van der Waals surface area contributed by atoms with Crippen molar-refractivity contribution in [2.45, 2.75) is 19.3 Å². The van der Waals surface area contributed by atoms with E-state index < -0.39 is 0 Å². The number of halogens is 1. The van der Waals surface area contributed by atoms with Crippen LogP contribution in [-0.2, 0) is 4.74 Å². The lowest BCUT2D eigenvalue weighted by molar-refractivity contribution is 0.107. The Hall–Kier alpha value is -0.380. The Morgan fingerprint density at radius 2 is 2.11 bits per heavy atom. The van der Waals surface area contributed by atoms with Crippen molar-refractivity contribution in [1.29, 1.82) is 0 Å². The summed E-state index contributed by atoms with van der Waals surface area (Å²) >= 11 is 3.50. The maximum Gasteiger partial charge on any atom is 0.0490 e. The third-order valence-electron chi connectivity index (χ3n) is 3.99. The van der Waals surface area contributed by atoms with Crippen LogP contribution in [0.15, 0.2) is 28.7 Å². The lowest BCUT2D eigenvalue weighted by atomic mass is 9.75. The van der Waals surface area contributed by atoms with Gasteiger partial charge in [-0.05, 0) is 48.4 Å². The van der Waals surface area contributed by atoms with Gasteiger partial charge in [0.05, 0.1) is 0 Å². The first-order chi connectivity index (χ1) is 8.72. The third kappa shape index (κ3) is 3.34. The highest BCUT2D eigenvalue weighted by molar-refractivity contribution is 9.10. The maximum absolute atomic E-state index is 5.33.